The Morgan fingerprint density at radius 2 is 1.81 bits per heavy atom. The summed E-state index contributed by atoms with van der Waals surface area (Å²) in [6, 6.07) is 16.3. The summed E-state index contributed by atoms with van der Waals surface area (Å²) in [5.41, 5.74) is 4.39. The van der Waals surface area contributed by atoms with Crippen LogP contribution in [0.2, 0.25) is 0 Å². The molecule has 1 heterocycles. The number of amides is 2. The van der Waals surface area contributed by atoms with Crippen LogP contribution in [0.1, 0.15) is 12.0 Å². The van der Waals surface area contributed by atoms with Gasteiger partial charge in [0.1, 0.15) is 0 Å². The number of carbonyl (C=O) groups is 1. The molecule has 0 aliphatic carbocycles. The van der Waals surface area contributed by atoms with Crippen molar-refractivity contribution in [3.8, 4) is 0 Å². The fourth-order valence-electron chi connectivity index (χ4n) is 3.01. The van der Waals surface area contributed by atoms with Crippen molar-refractivity contribution < 1.29 is 4.79 Å². The van der Waals surface area contributed by atoms with Crippen molar-refractivity contribution in [1.29, 1.82) is 0 Å². The first-order chi connectivity index (χ1) is 13.0. The number of benzene rings is 2. The molecule has 0 radical (unpaired) electrons. The number of imidazole rings is 1. The van der Waals surface area contributed by atoms with Gasteiger partial charge in [-0.25, -0.2) is 9.78 Å². The lowest BCUT2D eigenvalue weighted by atomic mass is 10.2. The molecule has 0 aliphatic rings. The van der Waals surface area contributed by atoms with Gasteiger partial charge in [0.05, 0.1) is 17.4 Å². The van der Waals surface area contributed by atoms with Gasteiger partial charge in [-0.1, -0.05) is 24.3 Å². The minimum atomic E-state index is -0.0535. The van der Waals surface area contributed by atoms with Gasteiger partial charge in [-0.15, -0.1) is 0 Å². The number of anilines is 1. The first-order valence-electron chi connectivity index (χ1n) is 9.19. The molecule has 6 nitrogen and oxygen atoms in total. The van der Waals surface area contributed by atoms with E-state index in [4.69, 9.17) is 0 Å². The molecule has 1 N–H and O–H groups in total. The van der Waals surface area contributed by atoms with E-state index in [0.29, 0.717) is 13.1 Å². The lowest BCUT2D eigenvalue weighted by Crippen LogP contribution is -2.37. The van der Waals surface area contributed by atoms with E-state index in [1.165, 1.54) is 0 Å². The van der Waals surface area contributed by atoms with Crippen molar-refractivity contribution >= 4 is 22.8 Å². The van der Waals surface area contributed by atoms with Gasteiger partial charge < -0.3 is 19.7 Å². The van der Waals surface area contributed by atoms with E-state index in [1.54, 1.807) is 4.90 Å². The second-order valence-corrected chi connectivity index (χ2v) is 6.93. The van der Waals surface area contributed by atoms with Crippen molar-refractivity contribution in [2.45, 2.75) is 19.5 Å². The highest BCUT2D eigenvalue weighted by Crippen LogP contribution is 2.14. The predicted molar refractivity (Wildman–Crippen MR) is 110 cm³/mol. The maximum Gasteiger partial charge on any atom is 0.317 e. The number of urea groups is 1. The molecule has 1 aromatic heterocycles. The van der Waals surface area contributed by atoms with Crippen LogP contribution >= 0.6 is 0 Å². The first kappa shape index (κ1) is 18.8. The molecule has 2 amide bonds. The Morgan fingerprint density at radius 1 is 1.07 bits per heavy atom. The summed E-state index contributed by atoms with van der Waals surface area (Å²) in [5, 5.41) is 2.99. The van der Waals surface area contributed by atoms with E-state index < -0.39 is 0 Å². The molecule has 27 heavy (non-hydrogen) atoms. The average molecular weight is 365 g/mol. The topological polar surface area (TPSA) is 53.4 Å². The van der Waals surface area contributed by atoms with E-state index >= 15 is 0 Å². The van der Waals surface area contributed by atoms with E-state index in [1.807, 2.05) is 45.7 Å². The van der Waals surface area contributed by atoms with Gasteiger partial charge in [-0.05, 0) is 36.2 Å². The molecule has 2 aromatic carbocycles. The number of aromatic nitrogens is 2. The average Bonchev–Trinajstić information content (AvgIpc) is 3.08. The molecule has 0 bridgehead atoms. The van der Waals surface area contributed by atoms with Gasteiger partial charge in [0.15, 0.2) is 0 Å². The molecule has 3 rings (SSSR count). The minimum Gasteiger partial charge on any atom is -0.378 e. The predicted octanol–water partition coefficient (Wildman–Crippen LogP) is 3.33. The maximum atomic E-state index is 12.3. The molecule has 0 aliphatic heterocycles. The fourth-order valence-corrected chi connectivity index (χ4v) is 3.01. The molecular formula is C21H27N5O. The first-order valence-corrected chi connectivity index (χ1v) is 9.19. The van der Waals surface area contributed by atoms with Crippen molar-refractivity contribution in [2.75, 3.05) is 32.6 Å². The highest BCUT2D eigenvalue weighted by molar-refractivity contribution is 5.75. The van der Waals surface area contributed by atoms with Crippen LogP contribution in [0, 0.1) is 0 Å². The number of nitrogens with one attached hydrogen (secondary N) is 1. The molecule has 0 atom stereocenters. The van der Waals surface area contributed by atoms with Gasteiger partial charge in [0.25, 0.3) is 0 Å². The lowest BCUT2D eigenvalue weighted by molar-refractivity contribution is 0.206. The monoisotopic (exact) mass is 365 g/mol. The molecule has 0 fully saturated rings. The maximum absolute atomic E-state index is 12.3. The highest BCUT2D eigenvalue weighted by atomic mass is 16.2. The summed E-state index contributed by atoms with van der Waals surface area (Å²) in [7, 11) is 5.85. The Kier molecular flexibility index (Phi) is 5.96. The van der Waals surface area contributed by atoms with Gasteiger partial charge in [-0.3, -0.25) is 0 Å². The third kappa shape index (κ3) is 4.78. The van der Waals surface area contributed by atoms with Crippen molar-refractivity contribution in [3.05, 3.63) is 60.4 Å². The molecular weight excluding hydrogens is 338 g/mol. The smallest absolute Gasteiger partial charge is 0.317 e. The number of aryl methyl sites for hydroxylation is 1. The van der Waals surface area contributed by atoms with Gasteiger partial charge in [-0.2, -0.15) is 0 Å². The van der Waals surface area contributed by atoms with Gasteiger partial charge >= 0.3 is 6.03 Å². The number of hydrogen-bond acceptors (Lipinski definition) is 3. The SMILES string of the molecule is CN(Cc1ccc(N(C)C)cc1)C(=O)NCCCn1cnc2ccccc21. The van der Waals surface area contributed by atoms with Crippen LogP contribution in [-0.2, 0) is 13.1 Å². The zero-order valence-corrected chi connectivity index (χ0v) is 16.2. The quantitative estimate of drug-likeness (QED) is 0.654. The van der Waals surface area contributed by atoms with Crippen LogP contribution in [-0.4, -0.2) is 48.2 Å². The van der Waals surface area contributed by atoms with E-state index in [2.05, 4.69) is 50.1 Å². The Balaban J connectivity index is 1.43. The molecule has 142 valence electrons. The van der Waals surface area contributed by atoms with Crippen molar-refractivity contribution in [1.82, 2.24) is 19.8 Å². The summed E-state index contributed by atoms with van der Waals surface area (Å²) in [6.07, 6.45) is 2.72. The summed E-state index contributed by atoms with van der Waals surface area (Å²) in [6.45, 7) is 2.05. The van der Waals surface area contributed by atoms with Crippen LogP contribution in [0.4, 0.5) is 10.5 Å². The highest BCUT2D eigenvalue weighted by Gasteiger charge is 2.09. The second-order valence-electron chi connectivity index (χ2n) is 6.93. The molecule has 0 saturated heterocycles. The fraction of sp³-hybridized carbons (Fsp3) is 0.333. The van der Waals surface area contributed by atoms with Crippen LogP contribution in [0.5, 0.6) is 0 Å². The molecule has 0 spiro atoms. The number of rotatable bonds is 7. The Labute approximate surface area is 160 Å². The van der Waals surface area contributed by atoms with Gasteiger partial charge in [0.2, 0.25) is 0 Å². The Morgan fingerprint density at radius 3 is 2.56 bits per heavy atom. The zero-order valence-electron chi connectivity index (χ0n) is 16.2. The van der Waals surface area contributed by atoms with E-state index in [-0.39, 0.29) is 6.03 Å². The zero-order chi connectivity index (χ0) is 19.2. The Bertz CT molecular complexity index is 885. The largest absolute Gasteiger partial charge is 0.378 e. The van der Waals surface area contributed by atoms with E-state index in [0.717, 1.165) is 35.2 Å². The van der Waals surface area contributed by atoms with Crippen molar-refractivity contribution in [2.24, 2.45) is 0 Å². The number of carbonyl (C=O) groups excluding carboxylic acids is 1. The summed E-state index contributed by atoms with van der Waals surface area (Å²) < 4.78 is 2.12. The number of para-hydroxylation sites is 2. The van der Waals surface area contributed by atoms with Gasteiger partial charge in [0, 0.05) is 46.5 Å². The van der Waals surface area contributed by atoms with Crippen LogP contribution in [0.15, 0.2) is 54.9 Å². The number of fused-ring (bicyclic) bond motifs is 1. The van der Waals surface area contributed by atoms with Crippen LogP contribution < -0.4 is 10.2 Å². The Hall–Kier alpha value is -3.02. The lowest BCUT2D eigenvalue weighted by Gasteiger charge is -2.19. The summed E-state index contributed by atoms with van der Waals surface area (Å²) >= 11 is 0. The normalized spacial score (nSPS) is 10.8. The molecule has 0 unspecified atom stereocenters. The van der Waals surface area contributed by atoms with Crippen LogP contribution in [0.3, 0.4) is 0 Å². The van der Waals surface area contributed by atoms with Crippen molar-refractivity contribution in [3.63, 3.8) is 0 Å². The third-order valence-electron chi connectivity index (χ3n) is 4.60. The minimum absolute atomic E-state index is 0.0535. The number of nitrogens with zero attached hydrogens (tertiary/aromatic N) is 4. The molecule has 0 saturated carbocycles. The summed E-state index contributed by atoms with van der Waals surface area (Å²) in [5.74, 6) is 0. The van der Waals surface area contributed by atoms with E-state index in [9.17, 15) is 4.79 Å². The van der Waals surface area contributed by atoms with Crippen LogP contribution in [0.25, 0.3) is 11.0 Å². The third-order valence-corrected chi connectivity index (χ3v) is 4.60. The number of hydrogen-bond donors (Lipinski definition) is 1. The molecule has 6 heteroatoms. The summed E-state index contributed by atoms with van der Waals surface area (Å²) in [4.78, 5) is 20.4. The second kappa shape index (κ2) is 8.58. The molecule has 3 aromatic rings. The standard InChI is InChI=1S/C21H27N5O/c1-24(2)18-11-9-17(10-12-18)15-25(3)21(27)22-13-6-14-26-16-23-19-7-4-5-8-20(19)26/h4-5,7-12,16H,6,13-15H2,1-3H3,(H,22,27).